The van der Waals surface area contributed by atoms with Crippen LogP contribution in [-0.2, 0) is 10.0 Å². The lowest BCUT2D eigenvalue weighted by Crippen LogP contribution is -2.35. The molecule has 0 saturated heterocycles. The normalized spacial score (nSPS) is 13.1. The van der Waals surface area contributed by atoms with Crippen LogP contribution in [0.4, 0.5) is 10.1 Å². The first kappa shape index (κ1) is 14.1. The third-order valence-corrected chi connectivity index (χ3v) is 4.55. The van der Waals surface area contributed by atoms with Gasteiger partial charge in [-0.05, 0) is 25.1 Å². The van der Waals surface area contributed by atoms with Crippen LogP contribution in [0.5, 0.6) is 0 Å². The zero-order chi connectivity index (χ0) is 13.2. The first-order valence-corrected chi connectivity index (χ1v) is 6.83. The van der Waals surface area contributed by atoms with E-state index in [0.717, 1.165) is 12.1 Å². The molecular weight excluding hydrogens is 287 g/mol. The average Bonchev–Trinajstić information content (AvgIpc) is 2.21. The van der Waals surface area contributed by atoms with E-state index in [4.69, 9.17) is 17.3 Å². The average molecular weight is 297 g/mol. The van der Waals surface area contributed by atoms with Crippen LogP contribution in [0.15, 0.2) is 18.2 Å². The van der Waals surface area contributed by atoms with Crippen molar-refractivity contribution >= 4 is 44.5 Å². The van der Waals surface area contributed by atoms with Crippen molar-refractivity contribution in [2.24, 2.45) is 5.73 Å². The summed E-state index contributed by atoms with van der Waals surface area (Å²) in [6.07, 6.45) is 0. The van der Waals surface area contributed by atoms with Crippen molar-refractivity contribution in [3.63, 3.8) is 0 Å². The van der Waals surface area contributed by atoms with Crippen molar-refractivity contribution in [3.05, 3.63) is 29.0 Å². The molecule has 0 aliphatic heterocycles. The van der Waals surface area contributed by atoms with Crippen molar-refractivity contribution < 1.29 is 12.8 Å². The SMILES string of the molecule is CC(C(N)=S)S(=O)(=O)Nc1ccc(F)cc1Cl. The quantitative estimate of drug-likeness (QED) is 0.832. The summed E-state index contributed by atoms with van der Waals surface area (Å²) in [5.41, 5.74) is 5.34. The van der Waals surface area contributed by atoms with Gasteiger partial charge in [-0.1, -0.05) is 23.8 Å². The molecule has 1 atom stereocenters. The van der Waals surface area contributed by atoms with Crippen LogP contribution in [0.3, 0.4) is 0 Å². The highest BCUT2D eigenvalue weighted by atomic mass is 35.5. The van der Waals surface area contributed by atoms with E-state index < -0.39 is 21.1 Å². The molecule has 94 valence electrons. The van der Waals surface area contributed by atoms with Crippen molar-refractivity contribution in [3.8, 4) is 0 Å². The van der Waals surface area contributed by atoms with E-state index in [-0.39, 0.29) is 15.7 Å². The fourth-order valence-electron chi connectivity index (χ4n) is 0.967. The molecule has 0 aliphatic carbocycles. The minimum atomic E-state index is -3.77. The second-order valence-corrected chi connectivity index (χ2v) is 6.20. The molecule has 0 aliphatic rings. The highest BCUT2D eigenvalue weighted by Crippen LogP contribution is 2.24. The molecule has 0 amide bonds. The Balaban J connectivity index is 3.02. The van der Waals surface area contributed by atoms with Crippen molar-refractivity contribution in [1.82, 2.24) is 0 Å². The zero-order valence-electron chi connectivity index (χ0n) is 8.78. The largest absolute Gasteiger partial charge is 0.392 e. The van der Waals surface area contributed by atoms with Gasteiger partial charge in [0.2, 0.25) is 10.0 Å². The molecule has 8 heteroatoms. The zero-order valence-corrected chi connectivity index (χ0v) is 11.2. The smallest absolute Gasteiger partial charge is 0.241 e. The Morgan fingerprint density at radius 3 is 2.65 bits per heavy atom. The van der Waals surface area contributed by atoms with Gasteiger partial charge in [0, 0.05) is 0 Å². The van der Waals surface area contributed by atoms with Crippen LogP contribution in [0, 0.1) is 5.82 Å². The molecule has 0 radical (unpaired) electrons. The summed E-state index contributed by atoms with van der Waals surface area (Å²) in [6.45, 7) is 1.35. The number of rotatable bonds is 4. The van der Waals surface area contributed by atoms with E-state index in [1.54, 1.807) is 0 Å². The molecule has 1 aromatic rings. The number of anilines is 1. The maximum atomic E-state index is 12.8. The molecular formula is C9H10ClFN2O2S2. The van der Waals surface area contributed by atoms with Gasteiger partial charge in [-0.3, -0.25) is 4.72 Å². The Morgan fingerprint density at radius 1 is 1.59 bits per heavy atom. The Hall–Kier alpha value is -0.920. The van der Waals surface area contributed by atoms with Gasteiger partial charge in [0.1, 0.15) is 11.1 Å². The first-order valence-electron chi connectivity index (χ1n) is 4.50. The van der Waals surface area contributed by atoms with E-state index in [1.807, 2.05) is 0 Å². The maximum absolute atomic E-state index is 12.8. The van der Waals surface area contributed by atoms with E-state index in [9.17, 15) is 12.8 Å². The van der Waals surface area contributed by atoms with E-state index in [0.29, 0.717) is 0 Å². The van der Waals surface area contributed by atoms with Gasteiger partial charge in [-0.25, -0.2) is 12.8 Å². The van der Waals surface area contributed by atoms with Gasteiger partial charge in [0.15, 0.2) is 0 Å². The van der Waals surface area contributed by atoms with Crippen LogP contribution >= 0.6 is 23.8 Å². The molecule has 17 heavy (non-hydrogen) atoms. The third kappa shape index (κ3) is 3.52. The van der Waals surface area contributed by atoms with Crippen LogP contribution in [0.1, 0.15) is 6.92 Å². The third-order valence-electron chi connectivity index (χ3n) is 2.05. The molecule has 1 aromatic carbocycles. The summed E-state index contributed by atoms with van der Waals surface area (Å²) in [4.78, 5) is -0.157. The number of benzene rings is 1. The number of thiocarbonyl (C=S) groups is 1. The first-order chi connectivity index (χ1) is 7.74. The lowest BCUT2D eigenvalue weighted by atomic mass is 10.3. The molecule has 1 rings (SSSR count). The van der Waals surface area contributed by atoms with Crippen LogP contribution in [0.25, 0.3) is 0 Å². The number of hydrogen-bond donors (Lipinski definition) is 2. The number of hydrogen-bond acceptors (Lipinski definition) is 3. The fraction of sp³-hybridized carbons (Fsp3) is 0.222. The minimum absolute atomic E-state index is 0.0382. The summed E-state index contributed by atoms with van der Waals surface area (Å²) in [7, 11) is -3.77. The number of halogens is 2. The molecule has 0 saturated carbocycles. The second-order valence-electron chi connectivity index (χ2n) is 3.32. The summed E-state index contributed by atoms with van der Waals surface area (Å²) in [5, 5.41) is -1.08. The Kier molecular flexibility index (Phi) is 4.29. The Morgan fingerprint density at radius 2 is 2.18 bits per heavy atom. The molecule has 1 unspecified atom stereocenters. The second kappa shape index (κ2) is 5.16. The lowest BCUT2D eigenvalue weighted by Gasteiger charge is -2.14. The van der Waals surface area contributed by atoms with E-state index >= 15 is 0 Å². The fourth-order valence-corrected chi connectivity index (χ4v) is 2.58. The molecule has 0 fully saturated rings. The maximum Gasteiger partial charge on any atom is 0.241 e. The van der Waals surface area contributed by atoms with Gasteiger partial charge in [-0.15, -0.1) is 0 Å². The Bertz CT molecular complexity index is 548. The van der Waals surface area contributed by atoms with Crippen LogP contribution in [-0.4, -0.2) is 18.7 Å². The molecule has 0 bridgehead atoms. The topological polar surface area (TPSA) is 72.2 Å². The number of sulfonamides is 1. The summed E-state index contributed by atoms with van der Waals surface area (Å²) in [6, 6.07) is 3.32. The molecule has 0 aromatic heterocycles. The number of nitrogens with one attached hydrogen (secondary N) is 1. The van der Waals surface area contributed by atoms with Gasteiger partial charge >= 0.3 is 0 Å². The van der Waals surface area contributed by atoms with Crippen LogP contribution in [0.2, 0.25) is 5.02 Å². The predicted octanol–water partition coefficient (Wildman–Crippen LogP) is 1.90. The van der Waals surface area contributed by atoms with Crippen LogP contribution < -0.4 is 10.5 Å². The van der Waals surface area contributed by atoms with Gasteiger partial charge in [-0.2, -0.15) is 0 Å². The molecule has 3 N–H and O–H groups in total. The number of nitrogens with two attached hydrogens (primary N) is 1. The van der Waals surface area contributed by atoms with Gasteiger partial charge in [0.05, 0.1) is 15.7 Å². The van der Waals surface area contributed by atoms with Gasteiger partial charge in [0.25, 0.3) is 0 Å². The summed E-state index contributed by atoms with van der Waals surface area (Å²) in [5.74, 6) is -0.555. The van der Waals surface area contributed by atoms with Crippen molar-refractivity contribution in [2.45, 2.75) is 12.2 Å². The molecule has 0 spiro atoms. The van der Waals surface area contributed by atoms with E-state index in [1.165, 1.54) is 13.0 Å². The lowest BCUT2D eigenvalue weighted by molar-refractivity contribution is 0.598. The van der Waals surface area contributed by atoms with Crippen molar-refractivity contribution in [2.75, 3.05) is 4.72 Å². The minimum Gasteiger partial charge on any atom is -0.392 e. The Labute approximate surface area is 109 Å². The monoisotopic (exact) mass is 296 g/mol. The van der Waals surface area contributed by atoms with Gasteiger partial charge < -0.3 is 5.73 Å². The predicted molar refractivity (Wildman–Crippen MR) is 70.2 cm³/mol. The highest BCUT2D eigenvalue weighted by Gasteiger charge is 2.23. The van der Waals surface area contributed by atoms with E-state index in [2.05, 4.69) is 16.9 Å². The summed E-state index contributed by atoms with van der Waals surface area (Å²) < 4.78 is 38.5. The summed E-state index contributed by atoms with van der Waals surface area (Å²) >= 11 is 10.3. The molecule has 0 heterocycles. The van der Waals surface area contributed by atoms with Crippen molar-refractivity contribution in [1.29, 1.82) is 0 Å². The molecule has 4 nitrogen and oxygen atoms in total. The standard InChI is InChI=1S/C9H10ClFN2O2S2/c1-5(9(12)16)17(14,15)13-8-3-2-6(11)4-7(8)10/h2-5,13H,1H3,(H2,12,16). The highest BCUT2D eigenvalue weighted by molar-refractivity contribution is 7.95.